The normalized spacial score (nSPS) is 11.7. The van der Waals surface area contributed by atoms with Crippen molar-refractivity contribution in [2.75, 3.05) is 11.4 Å². The van der Waals surface area contributed by atoms with Crippen molar-refractivity contribution in [3.8, 4) is 0 Å². The molecule has 21 heavy (non-hydrogen) atoms. The molecule has 0 atom stereocenters. The number of H-pyrrole nitrogens is 1. The smallest absolute Gasteiger partial charge is 0.264 e. The van der Waals surface area contributed by atoms with E-state index in [9.17, 15) is 8.42 Å². The first-order chi connectivity index (χ1) is 9.98. The van der Waals surface area contributed by atoms with Crippen LogP contribution >= 0.6 is 0 Å². The van der Waals surface area contributed by atoms with E-state index in [1.165, 1.54) is 4.31 Å². The summed E-state index contributed by atoms with van der Waals surface area (Å²) >= 11 is 0. The van der Waals surface area contributed by atoms with Crippen LogP contribution in [0.1, 0.15) is 5.69 Å². The number of hydrogen-bond acceptors (Lipinski definition) is 2. The molecule has 1 heterocycles. The van der Waals surface area contributed by atoms with E-state index in [2.05, 4.69) is 4.98 Å². The largest absolute Gasteiger partial charge is 0.359 e. The highest BCUT2D eigenvalue weighted by molar-refractivity contribution is 7.92. The molecule has 0 aliphatic rings. The number of nitrogens with zero attached hydrogens (tertiary/aromatic N) is 1. The van der Waals surface area contributed by atoms with Gasteiger partial charge in [-0.2, -0.15) is 0 Å². The Labute approximate surface area is 124 Å². The second-order valence-electron chi connectivity index (χ2n) is 5.01. The number of aromatic amines is 1. The summed E-state index contributed by atoms with van der Waals surface area (Å²) in [7, 11) is -2.00. The molecule has 0 bridgehead atoms. The van der Waals surface area contributed by atoms with Crippen LogP contribution < -0.4 is 4.31 Å². The van der Waals surface area contributed by atoms with E-state index in [4.69, 9.17) is 0 Å². The fraction of sp³-hybridized carbons (Fsp3) is 0.125. The SMILES string of the molecule is Cc1cc2ccc(S(=O)(=O)N(C)c3ccccc3)cc2[nH]1. The maximum Gasteiger partial charge on any atom is 0.264 e. The van der Waals surface area contributed by atoms with Gasteiger partial charge >= 0.3 is 0 Å². The minimum absolute atomic E-state index is 0.281. The maximum absolute atomic E-state index is 12.7. The van der Waals surface area contributed by atoms with E-state index >= 15 is 0 Å². The van der Waals surface area contributed by atoms with Gasteiger partial charge in [-0.05, 0) is 42.6 Å². The molecular weight excluding hydrogens is 284 g/mol. The molecule has 4 nitrogen and oxygen atoms in total. The monoisotopic (exact) mass is 300 g/mol. The molecule has 0 radical (unpaired) electrons. The minimum Gasteiger partial charge on any atom is -0.359 e. The number of nitrogens with one attached hydrogen (secondary N) is 1. The van der Waals surface area contributed by atoms with Gasteiger partial charge in [-0.3, -0.25) is 4.31 Å². The first kappa shape index (κ1) is 13.7. The number of hydrogen-bond donors (Lipinski definition) is 1. The van der Waals surface area contributed by atoms with Gasteiger partial charge in [-0.15, -0.1) is 0 Å². The molecule has 5 heteroatoms. The molecule has 108 valence electrons. The van der Waals surface area contributed by atoms with Crippen molar-refractivity contribution in [2.24, 2.45) is 0 Å². The van der Waals surface area contributed by atoms with E-state index in [1.54, 1.807) is 31.3 Å². The lowest BCUT2D eigenvalue weighted by molar-refractivity contribution is 0.594. The van der Waals surface area contributed by atoms with Crippen molar-refractivity contribution in [2.45, 2.75) is 11.8 Å². The molecule has 2 aromatic carbocycles. The molecule has 1 aromatic heterocycles. The van der Waals surface area contributed by atoms with E-state index in [1.807, 2.05) is 37.3 Å². The molecule has 0 aliphatic carbocycles. The average Bonchev–Trinajstić information content (AvgIpc) is 2.86. The van der Waals surface area contributed by atoms with Crippen molar-refractivity contribution in [3.63, 3.8) is 0 Å². The Morgan fingerprint density at radius 1 is 1.00 bits per heavy atom. The van der Waals surface area contributed by atoms with Gasteiger partial charge in [-0.25, -0.2) is 8.42 Å². The zero-order chi connectivity index (χ0) is 15.0. The maximum atomic E-state index is 12.7. The van der Waals surface area contributed by atoms with Crippen molar-refractivity contribution in [1.29, 1.82) is 0 Å². The minimum atomic E-state index is -3.56. The van der Waals surface area contributed by atoms with Gasteiger partial charge in [0.15, 0.2) is 0 Å². The molecule has 3 rings (SSSR count). The standard InChI is InChI=1S/C16H16N2O2S/c1-12-10-13-8-9-15(11-16(13)17-12)21(19,20)18(2)14-6-4-3-5-7-14/h3-11,17H,1-2H3. The Morgan fingerprint density at radius 2 is 1.71 bits per heavy atom. The van der Waals surface area contributed by atoms with Crippen molar-refractivity contribution >= 4 is 26.6 Å². The van der Waals surface area contributed by atoms with Crippen LogP contribution in [0.4, 0.5) is 5.69 Å². The summed E-state index contributed by atoms with van der Waals surface area (Å²) < 4.78 is 26.7. The number of aromatic nitrogens is 1. The topological polar surface area (TPSA) is 53.2 Å². The Morgan fingerprint density at radius 3 is 2.43 bits per heavy atom. The number of fused-ring (bicyclic) bond motifs is 1. The molecule has 0 saturated heterocycles. The molecule has 0 amide bonds. The van der Waals surface area contributed by atoms with Gasteiger partial charge in [0.2, 0.25) is 0 Å². The van der Waals surface area contributed by atoms with E-state index in [0.29, 0.717) is 5.69 Å². The number of aryl methyl sites for hydroxylation is 1. The van der Waals surface area contributed by atoms with Crippen LogP contribution in [0.5, 0.6) is 0 Å². The highest BCUT2D eigenvalue weighted by Crippen LogP contribution is 2.25. The highest BCUT2D eigenvalue weighted by Gasteiger charge is 2.21. The number of sulfonamides is 1. The lowest BCUT2D eigenvalue weighted by atomic mass is 10.2. The van der Waals surface area contributed by atoms with Crippen molar-refractivity contribution < 1.29 is 8.42 Å². The van der Waals surface area contributed by atoms with Crippen LogP contribution in [0.15, 0.2) is 59.5 Å². The van der Waals surface area contributed by atoms with Gasteiger partial charge in [-0.1, -0.05) is 24.3 Å². The summed E-state index contributed by atoms with van der Waals surface area (Å²) in [6.07, 6.45) is 0. The van der Waals surface area contributed by atoms with Gasteiger partial charge in [0.1, 0.15) is 0 Å². The summed E-state index contributed by atoms with van der Waals surface area (Å²) in [6, 6.07) is 16.2. The predicted molar refractivity (Wildman–Crippen MR) is 85.1 cm³/mol. The second-order valence-corrected chi connectivity index (χ2v) is 6.98. The summed E-state index contributed by atoms with van der Waals surface area (Å²) in [6.45, 7) is 1.95. The Bertz CT molecular complexity index is 883. The first-order valence-electron chi connectivity index (χ1n) is 6.62. The fourth-order valence-corrected chi connectivity index (χ4v) is 3.57. The van der Waals surface area contributed by atoms with Crippen LogP contribution in [-0.4, -0.2) is 20.4 Å². The van der Waals surface area contributed by atoms with Gasteiger partial charge in [0, 0.05) is 18.3 Å². The van der Waals surface area contributed by atoms with Gasteiger partial charge in [0.05, 0.1) is 10.6 Å². The summed E-state index contributed by atoms with van der Waals surface area (Å²) in [5, 5.41) is 1.01. The lowest BCUT2D eigenvalue weighted by Crippen LogP contribution is -2.26. The molecule has 0 fully saturated rings. The quantitative estimate of drug-likeness (QED) is 0.807. The third kappa shape index (κ3) is 2.40. The highest BCUT2D eigenvalue weighted by atomic mass is 32.2. The Balaban J connectivity index is 2.07. The van der Waals surface area contributed by atoms with Crippen LogP contribution in [0.25, 0.3) is 10.9 Å². The van der Waals surface area contributed by atoms with Crippen molar-refractivity contribution in [1.82, 2.24) is 4.98 Å². The molecule has 0 spiro atoms. The second kappa shape index (κ2) is 4.93. The Kier molecular flexibility index (Phi) is 3.22. The molecule has 1 N–H and O–H groups in total. The number of rotatable bonds is 3. The molecule has 0 aliphatic heterocycles. The van der Waals surface area contributed by atoms with Crippen molar-refractivity contribution in [3.05, 3.63) is 60.3 Å². The summed E-state index contributed by atoms with van der Waals surface area (Å²) in [5.41, 5.74) is 2.48. The third-order valence-corrected chi connectivity index (χ3v) is 5.29. The van der Waals surface area contributed by atoms with Crippen LogP contribution in [-0.2, 0) is 10.0 Å². The first-order valence-corrected chi connectivity index (χ1v) is 8.06. The molecular formula is C16H16N2O2S. The zero-order valence-corrected chi connectivity index (χ0v) is 12.7. The molecule has 0 saturated carbocycles. The van der Waals surface area contributed by atoms with Crippen LogP contribution in [0.3, 0.4) is 0 Å². The molecule has 3 aromatic rings. The fourth-order valence-electron chi connectivity index (χ4n) is 2.35. The number of anilines is 1. The van der Waals surface area contributed by atoms with Crippen LogP contribution in [0, 0.1) is 6.92 Å². The molecule has 0 unspecified atom stereocenters. The van der Waals surface area contributed by atoms with E-state index in [-0.39, 0.29) is 4.90 Å². The lowest BCUT2D eigenvalue weighted by Gasteiger charge is -2.19. The van der Waals surface area contributed by atoms with Crippen LogP contribution in [0.2, 0.25) is 0 Å². The Hall–Kier alpha value is -2.27. The zero-order valence-electron chi connectivity index (χ0n) is 11.9. The number of para-hydroxylation sites is 1. The van der Waals surface area contributed by atoms with Gasteiger partial charge < -0.3 is 4.98 Å². The third-order valence-electron chi connectivity index (χ3n) is 3.51. The average molecular weight is 300 g/mol. The summed E-state index contributed by atoms with van der Waals surface area (Å²) in [5.74, 6) is 0. The number of benzene rings is 2. The predicted octanol–water partition coefficient (Wildman–Crippen LogP) is 3.30. The summed E-state index contributed by atoms with van der Waals surface area (Å²) in [4.78, 5) is 3.45. The van der Waals surface area contributed by atoms with Gasteiger partial charge in [0.25, 0.3) is 10.0 Å². The van der Waals surface area contributed by atoms with E-state index < -0.39 is 10.0 Å². The van der Waals surface area contributed by atoms with E-state index in [0.717, 1.165) is 16.6 Å².